The molecule has 1 fully saturated rings. The Morgan fingerprint density at radius 2 is 2.24 bits per heavy atom. The Kier molecular flexibility index (Phi) is 4.53. The number of piperidine rings is 1. The van der Waals surface area contributed by atoms with Gasteiger partial charge in [0.1, 0.15) is 17.1 Å². The van der Waals surface area contributed by atoms with Gasteiger partial charge in [-0.15, -0.1) is 12.4 Å². The molecule has 3 rings (SSSR count). The van der Waals surface area contributed by atoms with Crippen molar-refractivity contribution in [1.82, 2.24) is 10.5 Å². The van der Waals surface area contributed by atoms with Gasteiger partial charge in [-0.1, -0.05) is 10.3 Å². The predicted octanol–water partition coefficient (Wildman–Crippen LogP) is 1.55. The highest BCUT2D eigenvalue weighted by Gasteiger charge is 2.42. The van der Waals surface area contributed by atoms with Crippen LogP contribution in [0.1, 0.15) is 30.7 Å². The molecule has 7 nitrogen and oxygen atoms in total. The average Bonchev–Trinajstić information content (AvgIpc) is 2.98. The number of aromatic nitrogens is 1. The first-order chi connectivity index (χ1) is 9.60. The van der Waals surface area contributed by atoms with Crippen LogP contribution in [-0.2, 0) is 9.63 Å². The van der Waals surface area contributed by atoms with Crippen molar-refractivity contribution >= 4 is 29.7 Å². The lowest BCUT2D eigenvalue weighted by Crippen LogP contribution is -2.46. The molecule has 1 atom stereocenters. The quantitative estimate of drug-likeness (QED) is 0.864. The van der Waals surface area contributed by atoms with Crippen LogP contribution in [0, 0.1) is 13.8 Å². The fourth-order valence-corrected chi connectivity index (χ4v) is 2.66. The Morgan fingerprint density at radius 1 is 1.43 bits per heavy atom. The number of anilines is 1. The summed E-state index contributed by atoms with van der Waals surface area (Å²) in [6.45, 7) is 5.27. The lowest BCUT2D eigenvalue weighted by Gasteiger charge is -2.30. The van der Waals surface area contributed by atoms with E-state index in [0.717, 1.165) is 25.9 Å². The molecule has 0 aliphatic carbocycles. The summed E-state index contributed by atoms with van der Waals surface area (Å²) in [6.07, 6.45) is 2.50. The molecule has 2 N–H and O–H groups in total. The molecule has 1 amide bonds. The molecule has 1 spiro atoms. The number of rotatable bonds is 2. The third kappa shape index (κ3) is 3.03. The summed E-state index contributed by atoms with van der Waals surface area (Å²) in [7, 11) is 0. The summed E-state index contributed by atoms with van der Waals surface area (Å²) >= 11 is 0. The van der Waals surface area contributed by atoms with Gasteiger partial charge >= 0.3 is 0 Å². The summed E-state index contributed by atoms with van der Waals surface area (Å²) < 4.78 is 5.02. The van der Waals surface area contributed by atoms with Crippen LogP contribution in [0.25, 0.3) is 0 Å². The van der Waals surface area contributed by atoms with Gasteiger partial charge in [0.25, 0.3) is 5.91 Å². The zero-order valence-corrected chi connectivity index (χ0v) is 12.9. The Labute approximate surface area is 128 Å². The molecule has 0 bridgehead atoms. The van der Waals surface area contributed by atoms with Crippen molar-refractivity contribution < 1.29 is 14.2 Å². The molecule has 1 saturated heterocycles. The Bertz CT molecular complexity index is 544. The fourth-order valence-electron chi connectivity index (χ4n) is 2.66. The monoisotopic (exact) mass is 314 g/mol. The number of hydrogen-bond acceptors (Lipinski definition) is 6. The molecule has 1 aromatic heterocycles. The summed E-state index contributed by atoms with van der Waals surface area (Å²) in [5.41, 5.74) is 1.35. The van der Waals surface area contributed by atoms with Gasteiger partial charge in [0.2, 0.25) is 0 Å². The van der Waals surface area contributed by atoms with Gasteiger partial charge in [-0.3, -0.25) is 4.79 Å². The molecule has 1 unspecified atom stereocenters. The first kappa shape index (κ1) is 15.8. The van der Waals surface area contributed by atoms with E-state index in [1.54, 1.807) is 13.8 Å². The number of hydrogen-bond donors (Lipinski definition) is 2. The fraction of sp³-hybridized carbons (Fsp3) is 0.615. The minimum absolute atomic E-state index is 0. The first-order valence-corrected chi connectivity index (χ1v) is 6.80. The number of amides is 1. The van der Waals surface area contributed by atoms with E-state index in [2.05, 4.69) is 20.9 Å². The average molecular weight is 315 g/mol. The highest BCUT2D eigenvalue weighted by molar-refractivity contribution is 6.43. The smallest absolute Gasteiger partial charge is 0.273 e. The van der Waals surface area contributed by atoms with Crippen molar-refractivity contribution in [3.8, 4) is 0 Å². The topological polar surface area (TPSA) is 88.8 Å². The molecule has 8 heteroatoms. The van der Waals surface area contributed by atoms with E-state index in [4.69, 9.17) is 9.36 Å². The van der Waals surface area contributed by atoms with Gasteiger partial charge in [-0.05, 0) is 33.2 Å². The van der Waals surface area contributed by atoms with Crippen molar-refractivity contribution in [1.29, 1.82) is 0 Å². The molecule has 0 radical (unpaired) electrons. The summed E-state index contributed by atoms with van der Waals surface area (Å²) in [5, 5.41) is 13.9. The zero-order valence-electron chi connectivity index (χ0n) is 12.1. The van der Waals surface area contributed by atoms with Crippen LogP contribution in [0.15, 0.2) is 9.68 Å². The predicted molar refractivity (Wildman–Crippen MR) is 79.8 cm³/mol. The highest BCUT2D eigenvalue weighted by Crippen LogP contribution is 2.31. The van der Waals surface area contributed by atoms with Gasteiger partial charge in [0.15, 0.2) is 11.4 Å². The molecule has 116 valence electrons. The molecule has 2 aliphatic heterocycles. The van der Waals surface area contributed by atoms with E-state index in [9.17, 15) is 4.79 Å². The van der Waals surface area contributed by atoms with E-state index >= 15 is 0 Å². The van der Waals surface area contributed by atoms with E-state index < -0.39 is 0 Å². The van der Waals surface area contributed by atoms with Crippen LogP contribution in [0.3, 0.4) is 0 Å². The molecular weight excluding hydrogens is 296 g/mol. The summed E-state index contributed by atoms with van der Waals surface area (Å²) in [6, 6.07) is 0. The number of carbonyl (C=O) groups excluding carboxylic acids is 1. The van der Waals surface area contributed by atoms with Gasteiger partial charge in [0, 0.05) is 13.0 Å². The van der Waals surface area contributed by atoms with Gasteiger partial charge in [-0.25, -0.2) is 0 Å². The number of nitrogens with zero attached hydrogens (tertiary/aromatic N) is 2. The lowest BCUT2D eigenvalue weighted by atomic mass is 9.89. The number of carbonyl (C=O) groups is 1. The molecular formula is C13H19ClN4O3. The van der Waals surface area contributed by atoms with Crippen LogP contribution >= 0.6 is 12.4 Å². The number of aryl methyl sites for hydroxylation is 2. The van der Waals surface area contributed by atoms with Crippen LogP contribution < -0.4 is 10.6 Å². The second kappa shape index (κ2) is 6.03. The van der Waals surface area contributed by atoms with Crippen molar-refractivity contribution in [3.05, 3.63) is 11.5 Å². The van der Waals surface area contributed by atoms with Crippen LogP contribution in [-0.4, -0.2) is 35.5 Å². The second-order valence-corrected chi connectivity index (χ2v) is 5.42. The minimum atomic E-state index is -0.344. The van der Waals surface area contributed by atoms with Crippen molar-refractivity contribution in [2.75, 3.05) is 18.4 Å². The van der Waals surface area contributed by atoms with Crippen molar-refractivity contribution in [2.24, 2.45) is 5.16 Å². The highest BCUT2D eigenvalue weighted by atomic mass is 35.5. The van der Waals surface area contributed by atoms with E-state index in [1.807, 2.05) is 0 Å². The number of halogens is 1. The van der Waals surface area contributed by atoms with Gasteiger partial charge in [0.05, 0.1) is 0 Å². The summed E-state index contributed by atoms with van der Waals surface area (Å²) in [5.74, 6) is 0.339. The van der Waals surface area contributed by atoms with E-state index in [-0.39, 0.29) is 23.9 Å². The molecule has 0 aromatic carbocycles. The first-order valence-electron chi connectivity index (χ1n) is 6.80. The molecule has 0 saturated carbocycles. The van der Waals surface area contributed by atoms with Crippen LogP contribution in [0.4, 0.5) is 5.69 Å². The van der Waals surface area contributed by atoms with Gasteiger partial charge < -0.3 is 20.0 Å². The molecule has 1 aromatic rings. The minimum Gasteiger partial charge on any atom is -0.387 e. The summed E-state index contributed by atoms with van der Waals surface area (Å²) in [4.78, 5) is 17.8. The normalized spacial score (nSPS) is 24.2. The molecule has 2 aliphatic rings. The number of nitrogens with one attached hydrogen (secondary N) is 2. The zero-order chi connectivity index (χ0) is 14.2. The molecule has 21 heavy (non-hydrogen) atoms. The largest absolute Gasteiger partial charge is 0.387 e. The SMILES string of the molecule is Cc1noc(C)c1NC(=O)C1=NOC2(CCCNC2)C1.Cl. The Balaban J connectivity index is 0.00000161. The third-order valence-corrected chi connectivity index (χ3v) is 3.81. The third-order valence-electron chi connectivity index (χ3n) is 3.81. The Hall–Kier alpha value is -1.60. The van der Waals surface area contributed by atoms with Crippen LogP contribution in [0.5, 0.6) is 0 Å². The van der Waals surface area contributed by atoms with Crippen molar-refractivity contribution in [3.63, 3.8) is 0 Å². The van der Waals surface area contributed by atoms with E-state index in [0.29, 0.717) is 29.3 Å². The molecule has 3 heterocycles. The maximum atomic E-state index is 12.2. The Morgan fingerprint density at radius 3 is 2.86 bits per heavy atom. The number of oxime groups is 1. The van der Waals surface area contributed by atoms with Crippen molar-refractivity contribution in [2.45, 2.75) is 38.7 Å². The lowest BCUT2D eigenvalue weighted by molar-refractivity contribution is -0.110. The maximum Gasteiger partial charge on any atom is 0.273 e. The second-order valence-electron chi connectivity index (χ2n) is 5.42. The van der Waals surface area contributed by atoms with Gasteiger partial charge in [-0.2, -0.15) is 0 Å². The van der Waals surface area contributed by atoms with Crippen LogP contribution in [0.2, 0.25) is 0 Å². The maximum absolute atomic E-state index is 12.2. The standard InChI is InChI=1S/C13H18N4O3.ClH/c1-8-11(9(2)19-16-8)15-12(18)10-6-13(20-17-10)4-3-5-14-7-13;/h14H,3-7H2,1-2H3,(H,15,18);1H. The van der Waals surface area contributed by atoms with E-state index in [1.165, 1.54) is 0 Å².